The molecular formula is C11H17N3O2. The first-order chi connectivity index (χ1) is 7.56. The quantitative estimate of drug-likeness (QED) is 0.769. The van der Waals surface area contributed by atoms with Crippen molar-refractivity contribution in [2.75, 3.05) is 7.11 Å². The van der Waals surface area contributed by atoms with E-state index in [1.807, 2.05) is 0 Å². The van der Waals surface area contributed by atoms with E-state index in [-0.39, 0.29) is 11.3 Å². The first kappa shape index (κ1) is 11.1. The number of hydrogen-bond acceptors (Lipinski definition) is 4. The highest BCUT2D eigenvalue weighted by molar-refractivity contribution is 5.97. The van der Waals surface area contributed by atoms with E-state index in [0.717, 1.165) is 19.3 Å². The minimum atomic E-state index is -0.299. The number of Topliss-reactive ketones (excluding diaryl/α,β-unsaturated/α-hetero) is 1. The summed E-state index contributed by atoms with van der Waals surface area (Å²) in [6.07, 6.45) is 4.91. The lowest BCUT2D eigenvalue weighted by atomic mass is 9.74. The minimum Gasteiger partial charge on any atom is -0.493 e. The summed E-state index contributed by atoms with van der Waals surface area (Å²) in [4.78, 5) is 12.1. The van der Waals surface area contributed by atoms with Crippen LogP contribution in [0.25, 0.3) is 0 Å². The number of methoxy groups -OCH3 is 1. The molecule has 0 unspecified atom stereocenters. The summed E-state index contributed by atoms with van der Waals surface area (Å²) in [6, 6.07) is 0. The second-order valence-corrected chi connectivity index (χ2v) is 4.50. The number of ether oxygens (including phenoxy) is 1. The van der Waals surface area contributed by atoms with Gasteiger partial charge in [0.25, 0.3) is 0 Å². The fourth-order valence-corrected chi connectivity index (χ4v) is 2.10. The molecule has 0 radical (unpaired) electrons. The summed E-state index contributed by atoms with van der Waals surface area (Å²) in [5.41, 5.74) is 6.27. The normalized spacial score (nSPS) is 17.9. The van der Waals surface area contributed by atoms with Gasteiger partial charge in [0.1, 0.15) is 5.69 Å². The summed E-state index contributed by atoms with van der Waals surface area (Å²) < 4.78 is 6.65. The van der Waals surface area contributed by atoms with Crippen LogP contribution in [0.5, 0.6) is 5.75 Å². The van der Waals surface area contributed by atoms with Crippen LogP contribution in [0.15, 0.2) is 6.20 Å². The molecule has 1 aromatic rings. The number of carbonyl (C=O) groups is 1. The molecule has 0 spiro atoms. The molecule has 16 heavy (non-hydrogen) atoms. The Morgan fingerprint density at radius 3 is 2.88 bits per heavy atom. The van der Waals surface area contributed by atoms with Crippen molar-refractivity contribution in [2.24, 2.45) is 12.8 Å². The zero-order chi connectivity index (χ0) is 11.8. The molecule has 0 atom stereocenters. The molecule has 1 heterocycles. The monoisotopic (exact) mass is 223 g/mol. The summed E-state index contributed by atoms with van der Waals surface area (Å²) >= 11 is 0. The molecule has 2 rings (SSSR count). The van der Waals surface area contributed by atoms with E-state index in [2.05, 4.69) is 5.10 Å². The fourth-order valence-electron chi connectivity index (χ4n) is 2.10. The summed E-state index contributed by atoms with van der Waals surface area (Å²) in [7, 11) is 3.27. The molecule has 1 saturated carbocycles. The van der Waals surface area contributed by atoms with Crippen molar-refractivity contribution in [1.29, 1.82) is 0 Å². The van der Waals surface area contributed by atoms with E-state index < -0.39 is 0 Å². The van der Waals surface area contributed by atoms with E-state index in [1.54, 1.807) is 17.9 Å². The molecule has 88 valence electrons. The second kappa shape index (κ2) is 3.90. The highest BCUT2D eigenvalue weighted by Gasteiger charge is 2.36. The SMILES string of the molecule is COc1cnn(C)c1C(=O)CC1(N)CCC1. The molecule has 5 heteroatoms. The van der Waals surface area contributed by atoms with Crippen molar-refractivity contribution >= 4 is 5.78 Å². The molecule has 5 nitrogen and oxygen atoms in total. The average Bonchev–Trinajstić information content (AvgIpc) is 2.57. The van der Waals surface area contributed by atoms with Crippen molar-refractivity contribution < 1.29 is 9.53 Å². The zero-order valence-electron chi connectivity index (χ0n) is 9.69. The van der Waals surface area contributed by atoms with Gasteiger partial charge >= 0.3 is 0 Å². The summed E-state index contributed by atoms with van der Waals surface area (Å²) in [5.74, 6) is 0.537. The number of carbonyl (C=O) groups excluding carboxylic acids is 1. The van der Waals surface area contributed by atoms with Crippen molar-refractivity contribution in [3.63, 3.8) is 0 Å². The molecule has 1 aromatic heterocycles. The standard InChI is InChI=1S/C11H17N3O2/c1-14-10(9(16-2)7-13-14)8(15)6-11(12)4-3-5-11/h7H,3-6,12H2,1-2H3. The number of nitrogens with zero attached hydrogens (tertiary/aromatic N) is 2. The van der Waals surface area contributed by atoms with Crippen LogP contribution in [0, 0.1) is 0 Å². The Bertz CT molecular complexity index is 407. The van der Waals surface area contributed by atoms with Crippen molar-refractivity contribution in [1.82, 2.24) is 9.78 Å². The number of aromatic nitrogens is 2. The Hall–Kier alpha value is -1.36. The molecule has 0 aliphatic heterocycles. The number of ketones is 1. The molecule has 1 fully saturated rings. The van der Waals surface area contributed by atoms with Gasteiger partial charge in [-0.25, -0.2) is 0 Å². The van der Waals surface area contributed by atoms with Crippen molar-refractivity contribution in [3.05, 3.63) is 11.9 Å². The fraction of sp³-hybridized carbons (Fsp3) is 0.636. The number of aryl methyl sites for hydroxylation is 1. The molecule has 0 bridgehead atoms. The van der Waals surface area contributed by atoms with E-state index in [1.165, 1.54) is 7.11 Å². The van der Waals surface area contributed by atoms with Gasteiger partial charge in [-0.05, 0) is 19.3 Å². The first-order valence-corrected chi connectivity index (χ1v) is 5.44. The van der Waals surface area contributed by atoms with Gasteiger partial charge in [-0.15, -0.1) is 0 Å². The highest BCUT2D eigenvalue weighted by Crippen LogP contribution is 2.34. The van der Waals surface area contributed by atoms with Crippen molar-refractivity contribution in [3.8, 4) is 5.75 Å². The van der Waals surface area contributed by atoms with Gasteiger partial charge in [0, 0.05) is 19.0 Å². The predicted octanol–water partition coefficient (Wildman–Crippen LogP) is 0.883. The lowest BCUT2D eigenvalue weighted by Gasteiger charge is -2.37. The van der Waals surface area contributed by atoms with E-state index >= 15 is 0 Å². The molecule has 0 aromatic carbocycles. The van der Waals surface area contributed by atoms with Gasteiger partial charge in [-0.1, -0.05) is 0 Å². The van der Waals surface area contributed by atoms with E-state index in [0.29, 0.717) is 17.9 Å². The van der Waals surface area contributed by atoms with Gasteiger partial charge in [-0.3, -0.25) is 9.48 Å². The topological polar surface area (TPSA) is 70.1 Å². The number of nitrogens with two attached hydrogens (primary N) is 1. The molecule has 0 amide bonds. The molecule has 1 aliphatic carbocycles. The third kappa shape index (κ3) is 1.82. The van der Waals surface area contributed by atoms with Gasteiger partial charge in [0.05, 0.1) is 13.3 Å². The number of rotatable bonds is 4. The third-order valence-corrected chi connectivity index (χ3v) is 3.25. The van der Waals surface area contributed by atoms with Crippen LogP contribution in [0.2, 0.25) is 0 Å². The Balaban J connectivity index is 2.16. The largest absolute Gasteiger partial charge is 0.493 e. The molecule has 0 saturated heterocycles. The van der Waals surface area contributed by atoms with Crippen LogP contribution < -0.4 is 10.5 Å². The Morgan fingerprint density at radius 1 is 1.69 bits per heavy atom. The Morgan fingerprint density at radius 2 is 2.38 bits per heavy atom. The number of hydrogen-bond donors (Lipinski definition) is 1. The maximum atomic E-state index is 12.1. The van der Waals surface area contributed by atoms with Gasteiger partial charge in [0.2, 0.25) is 0 Å². The van der Waals surface area contributed by atoms with Crippen LogP contribution >= 0.6 is 0 Å². The first-order valence-electron chi connectivity index (χ1n) is 5.44. The van der Waals surface area contributed by atoms with Crippen LogP contribution in [-0.2, 0) is 7.05 Å². The van der Waals surface area contributed by atoms with E-state index in [9.17, 15) is 4.79 Å². The van der Waals surface area contributed by atoms with Gasteiger partial charge < -0.3 is 10.5 Å². The van der Waals surface area contributed by atoms with Crippen LogP contribution in [0.4, 0.5) is 0 Å². The lowest BCUT2D eigenvalue weighted by Crippen LogP contribution is -2.48. The van der Waals surface area contributed by atoms with Gasteiger partial charge in [0.15, 0.2) is 11.5 Å². The van der Waals surface area contributed by atoms with Crippen LogP contribution in [0.3, 0.4) is 0 Å². The van der Waals surface area contributed by atoms with E-state index in [4.69, 9.17) is 10.5 Å². The zero-order valence-corrected chi connectivity index (χ0v) is 9.69. The molecular weight excluding hydrogens is 206 g/mol. The maximum absolute atomic E-state index is 12.1. The molecule has 1 aliphatic rings. The second-order valence-electron chi connectivity index (χ2n) is 4.50. The minimum absolute atomic E-state index is 0.0130. The average molecular weight is 223 g/mol. The Kier molecular flexibility index (Phi) is 2.71. The predicted molar refractivity (Wildman–Crippen MR) is 59.5 cm³/mol. The summed E-state index contributed by atoms with van der Waals surface area (Å²) in [5, 5.41) is 4.01. The highest BCUT2D eigenvalue weighted by atomic mass is 16.5. The van der Waals surface area contributed by atoms with Crippen LogP contribution in [0.1, 0.15) is 36.2 Å². The third-order valence-electron chi connectivity index (χ3n) is 3.25. The lowest BCUT2D eigenvalue weighted by molar-refractivity contribution is 0.0899. The van der Waals surface area contributed by atoms with Gasteiger partial charge in [-0.2, -0.15) is 5.10 Å². The summed E-state index contributed by atoms with van der Waals surface area (Å²) in [6.45, 7) is 0. The Labute approximate surface area is 94.6 Å². The smallest absolute Gasteiger partial charge is 0.186 e. The molecule has 2 N–H and O–H groups in total. The van der Waals surface area contributed by atoms with Crippen LogP contribution in [-0.4, -0.2) is 28.2 Å². The maximum Gasteiger partial charge on any atom is 0.186 e. The van der Waals surface area contributed by atoms with Crippen molar-refractivity contribution in [2.45, 2.75) is 31.2 Å².